The highest BCUT2D eigenvalue weighted by Gasteiger charge is 2.55. The molecule has 3 rings (SSSR count). The van der Waals surface area contributed by atoms with E-state index in [2.05, 4.69) is 20.9 Å². The number of nitrogen functional groups attached to an aromatic ring is 1. The Morgan fingerprint density at radius 1 is 1.64 bits per heavy atom. The minimum absolute atomic E-state index is 0.0563. The fourth-order valence-electron chi connectivity index (χ4n) is 2.47. The summed E-state index contributed by atoms with van der Waals surface area (Å²) in [6.07, 6.45) is 2.96. The number of terminal acetylenes is 1. The Bertz CT molecular complexity index is 827. The molecule has 116 valence electrons. The van der Waals surface area contributed by atoms with Crippen LogP contribution in [0.15, 0.2) is 6.33 Å². The summed E-state index contributed by atoms with van der Waals surface area (Å²) in [7, 11) is 0. The van der Waals surface area contributed by atoms with E-state index in [4.69, 9.17) is 29.1 Å². The Labute approximate surface area is 129 Å². The Morgan fingerprint density at radius 2 is 2.36 bits per heavy atom. The van der Waals surface area contributed by atoms with Crippen molar-refractivity contribution in [1.29, 1.82) is 0 Å². The Morgan fingerprint density at radius 3 is 3.00 bits per heavy atom. The number of hydrogen-bond acceptors (Lipinski definition) is 8. The van der Waals surface area contributed by atoms with E-state index in [1.807, 2.05) is 0 Å². The number of aromatic amines is 1. The molecule has 9 nitrogen and oxygen atoms in total. The first kappa shape index (κ1) is 14.9. The Hall–Kier alpha value is -2.03. The number of fused-ring (bicyclic) bond motifs is 1. The summed E-state index contributed by atoms with van der Waals surface area (Å²) in [5, 5.41) is 29.8. The number of aromatic nitrogens is 4. The van der Waals surface area contributed by atoms with Crippen molar-refractivity contribution in [3.8, 4) is 12.3 Å². The second kappa shape index (κ2) is 5.01. The Balaban J connectivity index is 2.19. The van der Waals surface area contributed by atoms with Crippen molar-refractivity contribution in [3.05, 3.63) is 11.0 Å². The van der Waals surface area contributed by atoms with E-state index in [0.29, 0.717) is 5.52 Å². The van der Waals surface area contributed by atoms with Crippen molar-refractivity contribution in [2.45, 2.75) is 24.0 Å². The summed E-state index contributed by atoms with van der Waals surface area (Å²) in [5.41, 5.74) is 4.15. The number of aliphatic hydroxyl groups is 3. The molecule has 2 aromatic heterocycles. The number of aliphatic hydroxyl groups excluding tert-OH is 2. The predicted molar refractivity (Wildman–Crippen MR) is 77.9 cm³/mol. The lowest BCUT2D eigenvalue weighted by Crippen LogP contribution is -2.45. The first-order chi connectivity index (χ1) is 10.4. The molecule has 6 N–H and O–H groups in total. The van der Waals surface area contributed by atoms with Gasteiger partial charge in [-0.2, -0.15) is 4.98 Å². The van der Waals surface area contributed by atoms with Crippen LogP contribution in [0.5, 0.6) is 0 Å². The molecular formula is C12H13N5O4S. The fourth-order valence-corrected chi connectivity index (χ4v) is 2.71. The molecule has 10 heteroatoms. The van der Waals surface area contributed by atoms with Crippen molar-refractivity contribution >= 4 is 29.3 Å². The number of hydrogen-bond donors (Lipinski definition) is 5. The number of nitrogens with two attached hydrogens (primary N) is 1. The second-order valence-corrected chi connectivity index (χ2v) is 5.31. The number of H-pyrrole nitrogens is 1. The molecule has 1 aliphatic heterocycles. The van der Waals surface area contributed by atoms with Gasteiger partial charge in [0.05, 0.1) is 12.9 Å². The number of ether oxygens (including phenoxy) is 1. The van der Waals surface area contributed by atoms with E-state index in [9.17, 15) is 15.3 Å². The molecule has 4 atom stereocenters. The molecule has 1 saturated heterocycles. The summed E-state index contributed by atoms with van der Waals surface area (Å²) in [6, 6.07) is 0. The van der Waals surface area contributed by atoms with Gasteiger partial charge in [0.25, 0.3) is 0 Å². The van der Waals surface area contributed by atoms with Crippen LogP contribution in [0.2, 0.25) is 0 Å². The number of nitrogens with zero attached hydrogens (tertiary/aromatic N) is 3. The van der Waals surface area contributed by atoms with Gasteiger partial charge in [-0.05, 0) is 0 Å². The summed E-state index contributed by atoms with van der Waals surface area (Å²) >= 11 is 5.10. The third-order valence-electron chi connectivity index (χ3n) is 3.60. The van der Waals surface area contributed by atoms with Crippen LogP contribution in [0.3, 0.4) is 0 Å². The van der Waals surface area contributed by atoms with Crippen LogP contribution in [0.25, 0.3) is 11.2 Å². The lowest BCUT2D eigenvalue weighted by molar-refractivity contribution is -0.0721. The lowest BCUT2D eigenvalue weighted by Gasteiger charge is -2.26. The topological polar surface area (TPSA) is 142 Å². The highest BCUT2D eigenvalue weighted by Crippen LogP contribution is 2.39. The first-order valence-electron chi connectivity index (χ1n) is 6.29. The highest BCUT2D eigenvalue weighted by atomic mass is 32.1. The van der Waals surface area contributed by atoms with Gasteiger partial charge in [0.1, 0.15) is 22.4 Å². The molecule has 0 aliphatic carbocycles. The zero-order valence-corrected chi connectivity index (χ0v) is 12.0. The van der Waals surface area contributed by atoms with E-state index < -0.39 is 30.6 Å². The molecule has 1 fully saturated rings. The molecule has 3 heterocycles. The summed E-state index contributed by atoms with van der Waals surface area (Å²) < 4.78 is 7.06. The largest absolute Gasteiger partial charge is 0.394 e. The van der Waals surface area contributed by atoms with Crippen molar-refractivity contribution in [2.24, 2.45) is 0 Å². The zero-order valence-electron chi connectivity index (χ0n) is 11.2. The van der Waals surface area contributed by atoms with E-state index in [-0.39, 0.29) is 16.2 Å². The SMILES string of the molecule is C#C[C@@]1(O)C(O)[C@@H](CO)O[C@H]1n1cnc2c(=S)[nH]c(N)nc21. The van der Waals surface area contributed by atoms with Crippen LogP contribution >= 0.6 is 12.2 Å². The maximum Gasteiger partial charge on any atom is 0.200 e. The number of imidazole rings is 1. The molecule has 1 aliphatic rings. The molecule has 1 unspecified atom stereocenters. The van der Waals surface area contributed by atoms with Crippen LogP contribution < -0.4 is 5.73 Å². The van der Waals surface area contributed by atoms with Crippen molar-refractivity contribution in [3.63, 3.8) is 0 Å². The van der Waals surface area contributed by atoms with Crippen molar-refractivity contribution < 1.29 is 20.1 Å². The quantitative estimate of drug-likeness (QED) is 0.338. The lowest BCUT2D eigenvalue weighted by atomic mass is 9.95. The smallest absolute Gasteiger partial charge is 0.200 e. The highest BCUT2D eigenvalue weighted by molar-refractivity contribution is 7.71. The van der Waals surface area contributed by atoms with Gasteiger partial charge in [-0.1, -0.05) is 18.1 Å². The van der Waals surface area contributed by atoms with Gasteiger partial charge in [0.15, 0.2) is 17.5 Å². The molecule has 0 bridgehead atoms. The zero-order chi connectivity index (χ0) is 16.1. The van der Waals surface area contributed by atoms with Gasteiger partial charge in [-0.25, -0.2) is 4.98 Å². The van der Waals surface area contributed by atoms with Crippen LogP contribution in [-0.4, -0.2) is 59.3 Å². The summed E-state index contributed by atoms with van der Waals surface area (Å²) in [5.74, 6) is 2.17. The number of rotatable bonds is 2. The van der Waals surface area contributed by atoms with Crippen LogP contribution in [-0.2, 0) is 4.74 Å². The molecular weight excluding hydrogens is 310 g/mol. The van der Waals surface area contributed by atoms with Gasteiger partial charge in [-0.3, -0.25) is 4.57 Å². The Kier molecular flexibility index (Phi) is 3.39. The van der Waals surface area contributed by atoms with Gasteiger partial charge in [0.2, 0.25) is 5.95 Å². The molecule has 0 spiro atoms. The molecule has 0 amide bonds. The third kappa shape index (κ3) is 1.92. The van der Waals surface area contributed by atoms with Crippen LogP contribution in [0.1, 0.15) is 6.23 Å². The van der Waals surface area contributed by atoms with Gasteiger partial charge in [0, 0.05) is 0 Å². The molecule has 0 radical (unpaired) electrons. The van der Waals surface area contributed by atoms with Crippen molar-refractivity contribution in [2.75, 3.05) is 12.3 Å². The van der Waals surface area contributed by atoms with Crippen LogP contribution in [0.4, 0.5) is 5.95 Å². The minimum atomic E-state index is -2.06. The minimum Gasteiger partial charge on any atom is -0.394 e. The van der Waals surface area contributed by atoms with E-state index in [1.54, 1.807) is 0 Å². The molecule has 0 aromatic carbocycles. The normalized spacial score (nSPS) is 31.5. The van der Waals surface area contributed by atoms with Crippen LogP contribution in [0, 0.1) is 17.0 Å². The van der Waals surface area contributed by atoms with E-state index in [0.717, 1.165) is 0 Å². The predicted octanol–water partition coefficient (Wildman–Crippen LogP) is -1.31. The van der Waals surface area contributed by atoms with Gasteiger partial charge < -0.3 is 30.8 Å². The van der Waals surface area contributed by atoms with Crippen molar-refractivity contribution in [1.82, 2.24) is 19.5 Å². The van der Waals surface area contributed by atoms with E-state index >= 15 is 0 Å². The third-order valence-corrected chi connectivity index (χ3v) is 3.89. The molecule has 2 aromatic rings. The fraction of sp³-hybridized carbons (Fsp3) is 0.417. The van der Waals surface area contributed by atoms with E-state index in [1.165, 1.54) is 10.9 Å². The van der Waals surface area contributed by atoms with Gasteiger partial charge >= 0.3 is 0 Å². The standard InChI is InChI=1S/C12H13N5O4S/c1-2-12(20)7(19)5(3-18)21-10(12)17-4-14-6-8(17)15-11(13)16-9(6)22/h1,4-5,7,10,18-20H,3H2,(H3,13,15,16,22)/t5-,7?,10-,12-/m1/s1. The number of nitrogens with one attached hydrogen (secondary N) is 1. The maximum atomic E-state index is 10.5. The average molecular weight is 323 g/mol. The second-order valence-electron chi connectivity index (χ2n) is 4.90. The monoisotopic (exact) mass is 323 g/mol. The first-order valence-corrected chi connectivity index (χ1v) is 6.70. The van der Waals surface area contributed by atoms with Gasteiger partial charge in [-0.15, -0.1) is 6.42 Å². The number of anilines is 1. The average Bonchev–Trinajstić information content (AvgIpc) is 3.00. The summed E-state index contributed by atoms with van der Waals surface area (Å²) in [6.45, 7) is -0.510. The molecule has 22 heavy (non-hydrogen) atoms. The summed E-state index contributed by atoms with van der Waals surface area (Å²) in [4.78, 5) is 10.8. The maximum absolute atomic E-state index is 10.5. The molecule has 0 saturated carbocycles.